The molecule has 0 spiro atoms. The maximum Gasteiger partial charge on any atom is 0.0618 e. The van der Waals surface area contributed by atoms with Crippen molar-refractivity contribution >= 4 is 61.7 Å². The quantitative estimate of drug-likeness (QED) is 0.135. The number of benzene rings is 9. The molecule has 0 radical (unpaired) electrons. The highest BCUT2D eigenvalue weighted by Gasteiger charge is 2.30. The Bertz CT molecular complexity index is 3400. The summed E-state index contributed by atoms with van der Waals surface area (Å²) in [5, 5.41) is 0.665. The number of hydrogen-bond donors (Lipinski definition) is 0. The predicted octanol–water partition coefficient (Wildman–Crippen LogP) is 23.2. The van der Waals surface area contributed by atoms with E-state index in [0.717, 1.165) is 83.1 Å². The number of para-hydroxylation sites is 2. The van der Waals surface area contributed by atoms with Gasteiger partial charge in [0.1, 0.15) is 0 Å². The molecule has 0 aliphatic carbocycles. The fourth-order valence-electron chi connectivity index (χ4n) is 10.4. The van der Waals surface area contributed by atoms with Gasteiger partial charge < -0.3 is 9.80 Å². The number of hydrogen-bond acceptors (Lipinski definition) is 2. The summed E-state index contributed by atoms with van der Waals surface area (Å²) in [5.41, 5.74) is 21.4. The van der Waals surface area contributed by atoms with Gasteiger partial charge >= 0.3 is 0 Å². The molecule has 9 aromatic rings. The summed E-state index contributed by atoms with van der Waals surface area (Å²) >= 11 is 11.0. The first kappa shape index (κ1) is 56.1. The van der Waals surface area contributed by atoms with E-state index in [2.05, 4.69) is 324 Å². The van der Waals surface area contributed by atoms with Crippen LogP contribution in [0.25, 0.3) is 44.5 Å². The molecule has 0 aromatic heterocycles. The molecule has 2 nitrogen and oxygen atoms in total. The maximum atomic E-state index is 7.14. The lowest BCUT2D eigenvalue weighted by Gasteiger charge is -2.35. The van der Waals surface area contributed by atoms with E-state index in [9.17, 15) is 0 Å². The third kappa shape index (κ3) is 12.1. The van der Waals surface area contributed by atoms with E-state index in [-0.39, 0.29) is 27.1 Å². The van der Waals surface area contributed by atoms with Crippen LogP contribution in [0.3, 0.4) is 0 Å². The molecule has 0 bridgehead atoms. The zero-order chi connectivity index (χ0) is 56.1. The van der Waals surface area contributed by atoms with Crippen molar-refractivity contribution in [2.45, 2.75) is 131 Å². The number of halogens is 2. The minimum Gasteiger partial charge on any atom is -0.309 e. The summed E-state index contributed by atoms with van der Waals surface area (Å²) in [4.78, 5) is 4.97. The van der Waals surface area contributed by atoms with E-state index in [1.165, 1.54) is 27.8 Å². The minimum absolute atomic E-state index is 0.000421. The van der Waals surface area contributed by atoms with Crippen molar-refractivity contribution in [3.63, 3.8) is 0 Å². The van der Waals surface area contributed by atoms with Crippen molar-refractivity contribution in [1.29, 1.82) is 0 Å². The summed E-state index contributed by atoms with van der Waals surface area (Å²) in [7, 11) is 0. The second-order valence-corrected chi connectivity index (χ2v) is 27.7. The van der Waals surface area contributed by atoms with Crippen LogP contribution in [-0.4, -0.2) is 0 Å². The van der Waals surface area contributed by atoms with Crippen LogP contribution in [-0.2, 0) is 27.1 Å². The maximum absolute atomic E-state index is 7.14. The van der Waals surface area contributed by atoms with Crippen LogP contribution in [0.2, 0.25) is 5.02 Å². The lowest BCUT2D eigenvalue weighted by atomic mass is 9.84. The van der Waals surface area contributed by atoms with Crippen LogP contribution in [0.15, 0.2) is 205 Å². The molecule has 4 heteroatoms. The highest BCUT2D eigenvalue weighted by atomic mass is 79.9. The smallest absolute Gasteiger partial charge is 0.0618 e. The fourth-order valence-corrected chi connectivity index (χ4v) is 10.9. The molecule has 0 saturated carbocycles. The van der Waals surface area contributed by atoms with Gasteiger partial charge in [0.2, 0.25) is 0 Å². The summed E-state index contributed by atoms with van der Waals surface area (Å²) in [5.74, 6) is 0. The Morgan fingerprint density at radius 1 is 0.282 bits per heavy atom. The molecule has 0 aliphatic rings. The molecule has 0 unspecified atom stereocenters. The van der Waals surface area contributed by atoms with E-state index >= 15 is 0 Å². The summed E-state index contributed by atoms with van der Waals surface area (Å²) in [6, 6.07) is 74.8. The Labute approximate surface area is 481 Å². The van der Waals surface area contributed by atoms with Crippen LogP contribution in [0.1, 0.15) is 132 Å². The molecule has 0 saturated heterocycles. The first-order chi connectivity index (χ1) is 36.6. The second-order valence-electron chi connectivity index (χ2n) is 26.3. The van der Waals surface area contributed by atoms with Crippen LogP contribution in [0.4, 0.5) is 34.1 Å². The van der Waals surface area contributed by atoms with Crippen molar-refractivity contribution in [2.24, 2.45) is 0 Å². The van der Waals surface area contributed by atoms with Gasteiger partial charge in [-0.15, -0.1) is 0 Å². The van der Waals surface area contributed by atoms with Crippen LogP contribution in [0, 0.1) is 0 Å². The van der Waals surface area contributed by atoms with Crippen molar-refractivity contribution in [1.82, 2.24) is 0 Å². The van der Waals surface area contributed by atoms with Gasteiger partial charge in [0.05, 0.1) is 11.4 Å². The Balaban J connectivity index is 1.40. The van der Waals surface area contributed by atoms with Gasteiger partial charge in [-0.1, -0.05) is 271 Å². The third-order valence-electron chi connectivity index (χ3n) is 15.2. The highest BCUT2D eigenvalue weighted by Crippen LogP contribution is 2.52. The van der Waals surface area contributed by atoms with Crippen molar-refractivity contribution in [3.05, 3.63) is 238 Å². The van der Waals surface area contributed by atoms with E-state index in [0.29, 0.717) is 5.02 Å². The molecule has 0 amide bonds. The zero-order valence-electron chi connectivity index (χ0n) is 48.7. The van der Waals surface area contributed by atoms with Crippen molar-refractivity contribution in [3.8, 4) is 44.5 Å². The third-order valence-corrected chi connectivity index (χ3v) is 16.0. The molecule has 78 heavy (non-hydrogen) atoms. The van der Waals surface area contributed by atoms with E-state index in [1.54, 1.807) is 0 Å². The Kier molecular flexibility index (Phi) is 15.5. The van der Waals surface area contributed by atoms with Gasteiger partial charge in [0, 0.05) is 54.5 Å². The first-order valence-corrected chi connectivity index (χ1v) is 28.8. The van der Waals surface area contributed by atoms with Crippen LogP contribution < -0.4 is 9.80 Å². The van der Waals surface area contributed by atoms with Gasteiger partial charge in [-0.05, 0) is 138 Å². The summed E-state index contributed by atoms with van der Waals surface area (Å²) in [6.45, 7) is 34.3. The topological polar surface area (TPSA) is 6.48 Å². The van der Waals surface area contributed by atoms with Gasteiger partial charge in [-0.25, -0.2) is 0 Å². The predicted molar refractivity (Wildman–Crippen MR) is 344 cm³/mol. The van der Waals surface area contributed by atoms with E-state index in [4.69, 9.17) is 11.6 Å². The van der Waals surface area contributed by atoms with Gasteiger partial charge in [0.15, 0.2) is 0 Å². The average Bonchev–Trinajstić information content (AvgIpc) is 3.42. The summed E-state index contributed by atoms with van der Waals surface area (Å²) < 4.78 is 1.02. The van der Waals surface area contributed by atoms with E-state index in [1.807, 2.05) is 6.07 Å². The second kappa shape index (κ2) is 21.5. The monoisotopic (exact) mass is 1110 g/mol. The van der Waals surface area contributed by atoms with Crippen molar-refractivity contribution < 1.29 is 0 Å². The van der Waals surface area contributed by atoms with E-state index < -0.39 is 0 Å². The normalized spacial score (nSPS) is 12.4. The Morgan fingerprint density at radius 2 is 0.577 bits per heavy atom. The molecule has 0 heterocycles. The fraction of sp³-hybridized carbons (Fsp3) is 0.270. The Hall–Kier alpha value is -6.65. The number of anilines is 6. The zero-order valence-corrected chi connectivity index (χ0v) is 51.0. The van der Waals surface area contributed by atoms with Crippen LogP contribution >= 0.6 is 27.5 Å². The van der Waals surface area contributed by atoms with Gasteiger partial charge in [0.25, 0.3) is 0 Å². The first-order valence-electron chi connectivity index (χ1n) is 27.6. The van der Waals surface area contributed by atoms with Gasteiger partial charge in [-0.3, -0.25) is 0 Å². The standard InChI is InChI=1S/C74H78BrClN2/c1-70(2,3)53-33-25-49(26-34-53)64-21-17-22-65(50-27-35-54(36-28-50)71(4,5)6)68(64)77(60-43-41-58(75)42-44-60)62-45-57(74(13,14)15)46-63(48-62)78(61-20-16-19-59(76)47-61)69-66(51-29-37-55(38-30-51)72(7,8)9)23-18-24-67(69)52-31-39-56(40-32-52)73(10,11)12/h16-48H,1-15H3. The number of nitrogens with zero attached hydrogens (tertiary/aromatic N) is 2. The average molecular weight is 1110 g/mol. The molecular formula is C74H78BrClN2. The lowest BCUT2D eigenvalue weighted by molar-refractivity contribution is 0.590. The molecule has 9 rings (SSSR count). The lowest BCUT2D eigenvalue weighted by Crippen LogP contribution is -2.19. The largest absolute Gasteiger partial charge is 0.309 e. The molecule has 9 aromatic carbocycles. The molecule has 0 atom stereocenters. The molecule has 0 aliphatic heterocycles. The molecule has 0 N–H and O–H groups in total. The van der Waals surface area contributed by atoms with Crippen LogP contribution in [0.5, 0.6) is 0 Å². The molecular weight excluding hydrogens is 1030 g/mol. The minimum atomic E-state index is -0.266. The Morgan fingerprint density at radius 3 is 0.872 bits per heavy atom. The van der Waals surface area contributed by atoms with Gasteiger partial charge in [-0.2, -0.15) is 0 Å². The molecule has 398 valence electrons. The molecule has 0 fully saturated rings. The highest BCUT2D eigenvalue weighted by molar-refractivity contribution is 9.10. The SMILES string of the molecule is CC(C)(C)c1ccc(-c2cccc(-c3ccc(C(C)(C)C)cc3)c2N(c2ccc(Br)cc2)c2cc(N(c3cccc(Cl)c3)c3c(-c4ccc(C(C)(C)C)cc4)cccc3-c3ccc(C(C)(C)C)cc3)cc(C(C)(C)C)c2)cc1. The number of rotatable bonds is 10. The summed E-state index contributed by atoms with van der Waals surface area (Å²) in [6.07, 6.45) is 0. The van der Waals surface area contributed by atoms with Crippen molar-refractivity contribution in [2.75, 3.05) is 9.80 Å².